The van der Waals surface area contributed by atoms with E-state index in [1.54, 1.807) is 0 Å². The summed E-state index contributed by atoms with van der Waals surface area (Å²) in [6.07, 6.45) is 4.29. The molecular weight excluding hydrogens is 298 g/mol. The van der Waals surface area contributed by atoms with Crippen LogP contribution >= 0.6 is 0 Å². The lowest BCUT2D eigenvalue weighted by molar-refractivity contribution is -0.0704. The number of nitrogens with one attached hydrogen (secondary N) is 1. The summed E-state index contributed by atoms with van der Waals surface area (Å²) in [5.74, 6) is 0. The van der Waals surface area contributed by atoms with E-state index in [-0.39, 0.29) is 6.04 Å². The summed E-state index contributed by atoms with van der Waals surface area (Å²) >= 11 is 0. The van der Waals surface area contributed by atoms with Crippen LogP contribution in [-0.4, -0.2) is 35.2 Å². The van der Waals surface area contributed by atoms with Gasteiger partial charge in [0.1, 0.15) is 0 Å². The molecule has 1 aromatic carbocycles. The zero-order chi connectivity index (χ0) is 16.9. The standard InChI is InChI=1S/C20H27N3O/c1-15-12-23(13-16(2)24-15)14-18-5-4-6-20(11-18)22-17(3)19-7-9-21-10-8-19/h4-11,15-17,22H,12-14H2,1-3H3/t15-,16+,17-/m0/s1. The fourth-order valence-electron chi connectivity index (χ4n) is 3.42. The summed E-state index contributed by atoms with van der Waals surface area (Å²) in [6.45, 7) is 9.43. The average molecular weight is 325 g/mol. The smallest absolute Gasteiger partial charge is 0.0678 e. The van der Waals surface area contributed by atoms with Gasteiger partial charge in [-0.15, -0.1) is 0 Å². The van der Waals surface area contributed by atoms with E-state index in [1.165, 1.54) is 11.1 Å². The van der Waals surface area contributed by atoms with Crippen LogP contribution in [-0.2, 0) is 11.3 Å². The van der Waals surface area contributed by atoms with Crippen LogP contribution in [0.4, 0.5) is 5.69 Å². The lowest BCUT2D eigenvalue weighted by atomic mass is 10.1. The van der Waals surface area contributed by atoms with E-state index < -0.39 is 0 Å². The number of benzene rings is 1. The fraction of sp³-hybridized carbons (Fsp3) is 0.450. The highest BCUT2D eigenvalue weighted by molar-refractivity contribution is 5.47. The molecule has 4 heteroatoms. The van der Waals surface area contributed by atoms with Crippen LogP contribution in [0.25, 0.3) is 0 Å². The van der Waals surface area contributed by atoms with Crippen molar-refractivity contribution in [1.29, 1.82) is 0 Å². The minimum Gasteiger partial charge on any atom is -0.379 e. The van der Waals surface area contributed by atoms with Crippen molar-refractivity contribution in [3.63, 3.8) is 0 Å². The molecule has 1 aromatic heterocycles. The van der Waals surface area contributed by atoms with E-state index in [0.29, 0.717) is 12.2 Å². The number of morpholine rings is 1. The normalized spacial score (nSPS) is 23.0. The number of hydrogen-bond acceptors (Lipinski definition) is 4. The Kier molecular flexibility index (Phi) is 5.48. The fourth-order valence-corrected chi connectivity index (χ4v) is 3.42. The first-order valence-electron chi connectivity index (χ1n) is 8.73. The van der Waals surface area contributed by atoms with Gasteiger partial charge < -0.3 is 10.1 Å². The topological polar surface area (TPSA) is 37.4 Å². The molecule has 2 aromatic rings. The highest BCUT2D eigenvalue weighted by atomic mass is 16.5. The molecule has 0 saturated carbocycles. The first kappa shape index (κ1) is 16.9. The number of pyridine rings is 1. The second-order valence-electron chi connectivity index (χ2n) is 6.80. The number of anilines is 1. The van der Waals surface area contributed by atoms with Gasteiger partial charge in [0.15, 0.2) is 0 Å². The molecule has 0 radical (unpaired) electrons. The second kappa shape index (κ2) is 7.77. The SMILES string of the molecule is C[C@@H]1CN(Cc2cccc(N[C@@H](C)c3ccncc3)c2)C[C@H](C)O1. The molecule has 1 aliphatic heterocycles. The highest BCUT2D eigenvalue weighted by Gasteiger charge is 2.22. The Labute approximate surface area is 144 Å². The second-order valence-corrected chi connectivity index (χ2v) is 6.80. The first-order chi connectivity index (χ1) is 11.6. The maximum Gasteiger partial charge on any atom is 0.0678 e. The van der Waals surface area contributed by atoms with Crippen LogP contribution in [0.2, 0.25) is 0 Å². The highest BCUT2D eigenvalue weighted by Crippen LogP contribution is 2.21. The molecule has 1 N–H and O–H groups in total. The number of ether oxygens (including phenoxy) is 1. The van der Waals surface area contributed by atoms with E-state index in [9.17, 15) is 0 Å². The van der Waals surface area contributed by atoms with E-state index in [4.69, 9.17) is 4.74 Å². The summed E-state index contributed by atoms with van der Waals surface area (Å²) in [7, 11) is 0. The zero-order valence-electron chi connectivity index (χ0n) is 14.8. The van der Waals surface area contributed by atoms with E-state index >= 15 is 0 Å². The molecule has 24 heavy (non-hydrogen) atoms. The molecule has 1 fully saturated rings. The van der Waals surface area contributed by atoms with E-state index in [0.717, 1.165) is 25.3 Å². The Bertz CT molecular complexity index is 636. The van der Waals surface area contributed by atoms with Crippen LogP contribution in [0.15, 0.2) is 48.8 Å². The zero-order valence-corrected chi connectivity index (χ0v) is 14.8. The van der Waals surface area contributed by atoms with Gasteiger partial charge in [0, 0.05) is 43.8 Å². The van der Waals surface area contributed by atoms with Gasteiger partial charge in [-0.05, 0) is 56.2 Å². The molecular formula is C20H27N3O. The number of aromatic nitrogens is 1. The monoisotopic (exact) mass is 325 g/mol. The molecule has 0 bridgehead atoms. The minimum atomic E-state index is 0.256. The van der Waals surface area contributed by atoms with Crippen molar-refractivity contribution in [2.45, 2.75) is 45.6 Å². The summed E-state index contributed by atoms with van der Waals surface area (Å²) in [5.41, 5.74) is 3.74. The maximum absolute atomic E-state index is 5.82. The average Bonchev–Trinajstić information content (AvgIpc) is 2.55. The van der Waals surface area contributed by atoms with Crippen molar-refractivity contribution in [1.82, 2.24) is 9.88 Å². The summed E-state index contributed by atoms with van der Waals surface area (Å²) in [4.78, 5) is 6.56. The van der Waals surface area contributed by atoms with Crippen LogP contribution in [0.1, 0.15) is 37.9 Å². The van der Waals surface area contributed by atoms with Crippen molar-refractivity contribution in [2.24, 2.45) is 0 Å². The molecule has 0 amide bonds. The number of nitrogens with zero attached hydrogens (tertiary/aromatic N) is 2. The lowest BCUT2D eigenvalue weighted by Gasteiger charge is -2.35. The maximum atomic E-state index is 5.82. The molecule has 1 saturated heterocycles. The Morgan fingerprint density at radius 1 is 1.17 bits per heavy atom. The molecule has 2 heterocycles. The van der Waals surface area contributed by atoms with Crippen LogP contribution in [0, 0.1) is 0 Å². The van der Waals surface area contributed by atoms with Crippen LogP contribution in [0.5, 0.6) is 0 Å². The number of rotatable bonds is 5. The van der Waals surface area contributed by atoms with Crippen molar-refractivity contribution in [3.8, 4) is 0 Å². The predicted octanol–water partition coefficient (Wildman–Crippen LogP) is 3.86. The van der Waals surface area contributed by atoms with Gasteiger partial charge in [-0.1, -0.05) is 12.1 Å². The van der Waals surface area contributed by atoms with Gasteiger partial charge >= 0.3 is 0 Å². The van der Waals surface area contributed by atoms with Gasteiger partial charge in [-0.25, -0.2) is 0 Å². The van der Waals surface area contributed by atoms with Gasteiger partial charge in [0.25, 0.3) is 0 Å². The predicted molar refractivity (Wildman–Crippen MR) is 98.0 cm³/mol. The largest absolute Gasteiger partial charge is 0.379 e. The lowest BCUT2D eigenvalue weighted by Crippen LogP contribution is -2.44. The Morgan fingerprint density at radius 2 is 1.88 bits per heavy atom. The third kappa shape index (κ3) is 4.56. The van der Waals surface area contributed by atoms with Gasteiger partial charge in [-0.3, -0.25) is 9.88 Å². The van der Waals surface area contributed by atoms with Crippen molar-refractivity contribution < 1.29 is 4.74 Å². The third-order valence-corrected chi connectivity index (χ3v) is 4.42. The summed E-state index contributed by atoms with van der Waals surface area (Å²) < 4.78 is 5.82. The molecule has 3 atom stereocenters. The molecule has 1 aliphatic rings. The Morgan fingerprint density at radius 3 is 2.58 bits per heavy atom. The first-order valence-corrected chi connectivity index (χ1v) is 8.73. The van der Waals surface area contributed by atoms with E-state index in [2.05, 4.69) is 72.4 Å². The molecule has 4 nitrogen and oxygen atoms in total. The minimum absolute atomic E-state index is 0.256. The third-order valence-electron chi connectivity index (χ3n) is 4.42. The van der Waals surface area contributed by atoms with Crippen LogP contribution < -0.4 is 5.32 Å². The Balaban J connectivity index is 1.64. The van der Waals surface area contributed by atoms with Gasteiger partial charge in [-0.2, -0.15) is 0 Å². The van der Waals surface area contributed by atoms with Crippen molar-refractivity contribution >= 4 is 5.69 Å². The van der Waals surface area contributed by atoms with Gasteiger partial charge in [0.05, 0.1) is 12.2 Å². The van der Waals surface area contributed by atoms with E-state index in [1.807, 2.05) is 12.4 Å². The summed E-state index contributed by atoms with van der Waals surface area (Å²) in [6, 6.07) is 13.1. The molecule has 0 unspecified atom stereocenters. The quantitative estimate of drug-likeness (QED) is 0.906. The van der Waals surface area contributed by atoms with Crippen LogP contribution in [0.3, 0.4) is 0 Å². The van der Waals surface area contributed by atoms with Crippen molar-refractivity contribution in [2.75, 3.05) is 18.4 Å². The van der Waals surface area contributed by atoms with Crippen molar-refractivity contribution in [3.05, 3.63) is 59.9 Å². The van der Waals surface area contributed by atoms with Gasteiger partial charge in [0.2, 0.25) is 0 Å². The summed E-state index contributed by atoms with van der Waals surface area (Å²) in [5, 5.41) is 3.58. The molecule has 128 valence electrons. The molecule has 0 spiro atoms. The molecule has 3 rings (SSSR count). The Hall–Kier alpha value is -1.91. The molecule has 0 aliphatic carbocycles. The number of hydrogen-bond donors (Lipinski definition) is 1.